The molecule has 1 aromatic heterocycles. The molecule has 1 aromatic carbocycles. The fraction of sp³-hybridized carbons (Fsp3) is 0.375. The van der Waals surface area contributed by atoms with Crippen LogP contribution in [0.4, 0.5) is 0 Å². The number of hydrogen-bond acceptors (Lipinski definition) is 5. The molecule has 21 heavy (non-hydrogen) atoms. The molecule has 0 saturated carbocycles. The monoisotopic (exact) mass is 290 g/mol. The summed E-state index contributed by atoms with van der Waals surface area (Å²) in [4.78, 5) is 2.06. The van der Waals surface area contributed by atoms with Gasteiger partial charge >= 0.3 is 0 Å². The van der Waals surface area contributed by atoms with E-state index in [1.54, 1.807) is 24.5 Å². The van der Waals surface area contributed by atoms with E-state index in [-0.39, 0.29) is 23.6 Å². The Balaban J connectivity index is 2.07. The van der Waals surface area contributed by atoms with Crippen LogP contribution in [-0.2, 0) is 0 Å². The summed E-state index contributed by atoms with van der Waals surface area (Å²) in [6.45, 7) is 2.54. The molecular formula is C16H22N2O3. The molecule has 0 aliphatic rings. The van der Waals surface area contributed by atoms with Crippen LogP contribution in [0.5, 0.6) is 11.5 Å². The Kier molecular flexibility index (Phi) is 4.88. The van der Waals surface area contributed by atoms with Crippen LogP contribution in [0.1, 0.15) is 30.3 Å². The van der Waals surface area contributed by atoms with Gasteiger partial charge in [0.15, 0.2) is 0 Å². The normalized spacial score (nSPS) is 14.3. The number of phenolic OH excluding ortho intramolecular Hbond substituents is 2. The highest BCUT2D eigenvalue weighted by molar-refractivity contribution is 5.44. The fourth-order valence-electron chi connectivity index (χ4n) is 2.39. The summed E-state index contributed by atoms with van der Waals surface area (Å²) >= 11 is 0. The zero-order valence-corrected chi connectivity index (χ0v) is 12.6. The third-order valence-electron chi connectivity index (χ3n) is 3.61. The largest absolute Gasteiger partial charge is 0.507 e. The lowest BCUT2D eigenvalue weighted by Gasteiger charge is -2.25. The summed E-state index contributed by atoms with van der Waals surface area (Å²) < 4.78 is 5.46. The lowest BCUT2D eigenvalue weighted by Crippen LogP contribution is -2.32. The second-order valence-corrected chi connectivity index (χ2v) is 5.33. The Bertz CT molecular complexity index is 547. The van der Waals surface area contributed by atoms with Crippen molar-refractivity contribution in [1.29, 1.82) is 0 Å². The summed E-state index contributed by atoms with van der Waals surface area (Å²) in [5.41, 5.74) is 0.509. The summed E-state index contributed by atoms with van der Waals surface area (Å²) in [5, 5.41) is 23.1. The van der Waals surface area contributed by atoms with Gasteiger partial charge in [0, 0.05) is 12.6 Å². The van der Waals surface area contributed by atoms with E-state index in [1.807, 2.05) is 33.2 Å². The molecule has 0 bridgehead atoms. The van der Waals surface area contributed by atoms with Gasteiger partial charge in [0.05, 0.1) is 17.9 Å². The maximum atomic E-state index is 9.89. The molecule has 0 radical (unpaired) electrons. The lowest BCUT2D eigenvalue weighted by molar-refractivity contribution is 0.244. The first-order valence-corrected chi connectivity index (χ1v) is 6.94. The molecule has 2 rings (SSSR count). The molecule has 1 heterocycles. The number of nitrogens with one attached hydrogen (secondary N) is 1. The highest BCUT2D eigenvalue weighted by Crippen LogP contribution is 2.32. The fourth-order valence-corrected chi connectivity index (χ4v) is 2.39. The molecule has 5 heteroatoms. The maximum Gasteiger partial charge on any atom is 0.124 e. The van der Waals surface area contributed by atoms with Gasteiger partial charge in [-0.2, -0.15) is 0 Å². The number of benzene rings is 1. The van der Waals surface area contributed by atoms with Gasteiger partial charge in [0.2, 0.25) is 0 Å². The first-order chi connectivity index (χ1) is 10.0. The van der Waals surface area contributed by atoms with Crippen molar-refractivity contribution >= 4 is 0 Å². The van der Waals surface area contributed by atoms with Crippen molar-refractivity contribution < 1.29 is 14.6 Å². The molecular weight excluding hydrogens is 268 g/mol. The minimum Gasteiger partial charge on any atom is -0.507 e. The molecule has 0 saturated heterocycles. The Morgan fingerprint density at radius 1 is 1.14 bits per heavy atom. The van der Waals surface area contributed by atoms with Crippen molar-refractivity contribution in [2.45, 2.75) is 19.0 Å². The Morgan fingerprint density at radius 3 is 2.33 bits per heavy atom. The van der Waals surface area contributed by atoms with E-state index in [4.69, 9.17) is 4.42 Å². The van der Waals surface area contributed by atoms with Gasteiger partial charge in [-0.25, -0.2) is 0 Å². The van der Waals surface area contributed by atoms with Crippen LogP contribution in [0.25, 0.3) is 0 Å². The third kappa shape index (κ3) is 3.56. The SMILES string of the molecule is CC(NCC(c1ccco1)N(C)C)c1c(O)cccc1O. The van der Waals surface area contributed by atoms with Crippen LogP contribution in [-0.4, -0.2) is 35.8 Å². The van der Waals surface area contributed by atoms with Gasteiger partial charge in [-0.3, -0.25) is 4.90 Å². The molecule has 0 aliphatic carbocycles. The number of likely N-dealkylation sites (N-methyl/N-ethyl adjacent to an activating group) is 1. The van der Waals surface area contributed by atoms with Crippen LogP contribution in [0.2, 0.25) is 0 Å². The van der Waals surface area contributed by atoms with E-state index in [0.29, 0.717) is 12.1 Å². The molecule has 0 spiro atoms. The maximum absolute atomic E-state index is 9.89. The topological polar surface area (TPSA) is 68.9 Å². The molecule has 2 atom stereocenters. The van der Waals surface area contributed by atoms with Crippen LogP contribution in [0, 0.1) is 0 Å². The standard InChI is InChI=1S/C16H22N2O3/c1-11(16-13(19)6-4-7-14(16)20)17-10-12(18(2)3)15-8-5-9-21-15/h4-9,11-12,17,19-20H,10H2,1-3H3. The first kappa shape index (κ1) is 15.4. The molecule has 5 nitrogen and oxygen atoms in total. The number of rotatable bonds is 6. The number of hydrogen-bond donors (Lipinski definition) is 3. The number of nitrogens with zero attached hydrogens (tertiary/aromatic N) is 1. The Hall–Kier alpha value is -1.98. The average molecular weight is 290 g/mol. The molecule has 2 aromatic rings. The van der Waals surface area contributed by atoms with Gasteiger partial charge in [0.1, 0.15) is 17.3 Å². The Labute approximate surface area is 124 Å². The lowest BCUT2D eigenvalue weighted by atomic mass is 10.1. The average Bonchev–Trinajstić information content (AvgIpc) is 2.92. The number of aromatic hydroxyl groups is 2. The molecule has 2 unspecified atom stereocenters. The molecule has 0 aliphatic heterocycles. The van der Waals surface area contributed by atoms with E-state index in [0.717, 1.165) is 5.76 Å². The predicted molar refractivity (Wildman–Crippen MR) is 81.3 cm³/mol. The highest BCUT2D eigenvalue weighted by Gasteiger charge is 2.20. The zero-order chi connectivity index (χ0) is 15.4. The van der Waals surface area contributed by atoms with E-state index in [9.17, 15) is 10.2 Å². The summed E-state index contributed by atoms with van der Waals surface area (Å²) in [6.07, 6.45) is 1.66. The van der Waals surface area contributed by atoms with Crippen LogP contribution >= 0.6 is 0 Å². The Morgan fingerprint density at radius 2 is 1.81 bits per heavy atom. The summed E-state index contributed by atoms with van der Waals surface area (Å²) in [7, 11) is 3.97. The van der Waals surface area contributed by atoms with Crippen molar-refractivity contribution in [2.24, 2.45) is 0 Å². The van der Waals surface area contributed by atoms with Crippen LogP contribution in [0.3, 0.4) is 0 Å². The molecule has 0 amide bonds. The van der Waals surface area contributed by atoms with Crippen molar-refractivity contribution in [1.82, 2.24) is 10.2 Å². The summed E-state index contributed by atoms with van der Waals surface area (Å²) in [6, 6.07) is 8.47. The van der Waals surface area contributed by atoms with Gasteiger partial charge < -0.3 is 19.9 Å². The van der Waals surface area contributed by atoms with Crippen molar-refractivity contribution in [3.05, 3.63) is 47.9 Å². The van der Waals surface area contributed by atoms with E-state index < -0.39 is 0 Å². The van der Waals surface area contributed by atoms with Gasteiger partial charge in [-0.05, 0) is 45.3 Å². The third-order valence-corrected chi connectivity index (χ3v) is 3.61. The molecule has 3 N–H and O–H groups in total. The van der Waals surface area contributed by atoms with Crippen molar-refractivity contribution in [3.63, 3.8) is 0 Å². The van der Waals surface area contributed by atoms with Gasteiger partial charge in [-0.15, -0.1) is 0 Å². The van der Waals surface area contributed by atoms with E-state index >= 15 is 0 Å². The zero-order valence-electron chi connectivity index (χ0n) is 12.6. The van der Waals surface area contributed by atoms with Crippen molar-refractivity contribution in [2.75, 3.05) is 20.6 Å². The summed E-state index contributed by atoms with van der Waals surface area (Å²) in [5.74, 6) is 1.06. The second kappa shape index (κ2) is 6.65. The van der Waals surface area contributed by atoms with Gasteiger partial charge in [0.25, 0.3) is 0 Å². The molecule has 114 valence electrons. The molecule has 0 fully saturated rings. The number of phenols is 2. The van der Waals surface area contributed by atoms with E-state index in [2.05, 4.69) is 10.2 Å². The van der Waals surface area contributed by atoms with E-state index in [1.165, 1.54) is 0 Å². The minimum absolute atomic E-state index is 0.0791. The van der Waals surface area contributed by atoms with Crippen LogP contribution < -0.4 is 5.32 Å². The van der Waals surface area contributed by atoms with Gasteiger partial charge in [-0.1, -0.05) is 6.07 Å². The minimum atomic E-state index is -0.177. The van der Waals surface area contributed by atoms with Crippen LogP contribution in [0.15, 0.2) is 41.0 Å². The predicted octanol–water partition coefficient (Wildman–Crippen LogP) is 2.64. The number of furan rings is 1. The quantitative estimate of drug-likeness (QED) is 0.763. The highest BCUT2D eigenvalue weighted by atomic mass is 16.3. The van der Waals surface area contributed by atoms with Crippen molar-refractivity contribution in [3.8, 4) is 11.5 Å². The first-order valence-electron chi connectivity index (χ1n) is 6.94. The smallest absolute Gasteiger partial charge is 0.124 e. The second-order valence-electron chi connectivity index (χ2n) is 5.33.